The number of carboxylic acid groups (broad SMARTS) is 1. The lowest BCUT2D eigenvalue weighted by atomic mass is 9.61. The molecule has 0 atom stereocenters. The van der Waals surface area contributed by atoms with Gasteiger partial charge in [-0.2, -0.15) is 0 Å². The van der Waals surface area contributed by atoms with Gasteiger partial charge in [-0.25, -0.2) is 9.59 Å². The number of rotatable bonds is 3. The zero-order valence-corrected chi connectivity index (χ0v) is 20.3. The normalized spacial score (nSPS) is 16.4. The summed E-state index contributed by atoms with van der Waals surface area (Å²) < 4.78 is 6.27. The highest BCUT2D eigenvalue weighted by Crippen LogP contribution is 2.57. The summed E-state index contributed by atoms with van der Waals surface area (Å²) in [6.07, 6.45) is 0. The highest BCUT2D eigenvalue weighted by atomic mass is 16.6. The molecule has 6 nitrogen and oxygen atoms in total. The molecule has 0 saturated carbocycles. The average Bonchev–Trinajstić information content (AvgIpc) is 3.10. The van der Waals surface area contributed by atoms with Crippen LogP contribution in [-0.4, -0.2) is 45.2 Å². The maximum absolute atomic E-state index is 13.3. The van der Waals surface area contributed by atoms with Gasteiger partial charge in [0.15, 0.2) is 5.60 Å². The first-order valence-corrected chi connectivity index (χ1v) is 11.2. The number of benzene rings is 3. The van der Waals surface area contributed by atoms with Crippen molar-refractivity contribution in [2.75, 3.05) is 38.0 Å². The van der Waals surface area contributed by atoms with Gasteiger partial charge in [0, 0.05) is 61.7 Å². The second-order valence-electron chi connectivity index (χ2n) is 9.98. The summed E-state index contributed by atoms with van der Waals surface area (Å²) in [6, 6.07) is 17.3. The van der Waals surface area contributed by atoms with Crippen molar-refractivity contribution >= 4 is 23.3 Å². The van der Waals surface area contributed by atoms with Crippen molar-refractivity contribution in [1.29, 1.82) is 0 Å². The van der Waals surface area contributed by atoms with Crippen LogP contribution in [0.25, 0.3) is 0 Å². The summed E-state index contributed by atoms with van der Waals surface area (Å²) in [5.74, 6) is -1.76. The quantitative estimate of drug-likeness (QED) is 0.580. The number of ether oxygens (including phenoxy) is 1. The first-order valence-electron chi connectivity index (χ1n) is 11.2. The molecule has 1 N–H and O–H groups in total. The van der Waals surface area contributed by atoms with E-state index in [4.69, 9.17) is 4.74 Å². The van der Waals surface area contributed by atoms with Crippen LogP contribution in [0.3, 0.4) is 0 Å². The molecule has 0 radical (unpaired) electrons. The number of aromatic carboxylic acids is 1. The van der Waals surface area contributed by atoms with Crippen molar-refractivity contribution in [2.45, 2.75) is 24.9 Å². The molecule has 2 aliphatic rings. The number of anilines is 2. The van der Waals surface area contributed by atoms with Gasteiger partial charge >= 0.3 is 11.9 Å². The number of carbonyl (C=O) groups is 2. The standard InChI is InChI=1S/C28H28N2O4/c1-27(2)22-14-16(29(3)4)10-12-19(22)28(20-13-11-17(30(5)6)15-23(20)27)21-9-7-8-18(25(31)32)24(21)26(33)34-28/h7-15H,1-6H3,(H,31,32). The van der Waals surface area contributed by atoms with Crippen LogP contribution in [0.1, 0.15) is 62.4 Å². The Balaban J connectivity index is 1.93. The molecule has 1 spiro atoms. The predicted molar refractivity (Wildman–Crippen MR) is 132 cm³/mol. The number of carbonyl (C=O) groups excluding carboxylic acids is 1. The van der Waals surface area contributed by atoms with Gasteiger partial charge in [-0.15, -0.1) is 0 Å². The molecule has 3 aromatic carbocycles. The minimum atomic E-state index is -1.21. The SMILES string of the molecule is CN(C)c1ccc2c(c1)C(C)(C)c1cc(N(C)C)ccc1C21OC(=O)c2c(C(=O)O)cccc21. The van der Waals surface area contributed by atoms with E-state index in [0.717, 1.165) is 33.6 Å². The molecule has 0 unspecified atom stereocenters. The van der Waals surface area contributed by atoms with Gasteiger partial charge in [0.25, 0.3) is 0 Å². The summed E-state index contributed by atoms with van der Waals surface area (Å²) >= 11 is 0. The molecule has 1 heterocycles. The van der Waals surface area contributed by atoms with Gasteiger partial charge in [0.05, 0.1) is 11.1 Å². The molecule has 0 saturated heterocycles. The van der Waals surface area contributed by atoms with Crippen LogP contribution in [0.2, 0.25) is 0 Å². The van der Waals surface area contributed by atoms with Crippen LogP contribution < -0.4 is 9.80 Å². The lowest BCUT2D eigenvalue weighted by Gasteiger charge is -2.45. The topological polar surface area (TPSA) is 70.1 Å². The fourth-order valence-electron chi connectivity index (χ4n) is 5.45. The number of esters is 1. The smallest absolute Gasteiger partial charge is 0.341 e. The third kappa shape index (κ3) is 2.74. The van der Waals surface area contributed by atoms with Gasteiger partial charge < -0.3 is 19.6 Å². The van der Waals surface area contributed by atoms with E-state index in [0.29, 0.717) is 5.56 Å². The molecule has 3 aromatic rings. The number of hydrogen-bond donors (Lipinski definition) is 1. The predicted octanol–water partition coefficient (Wildman–Crippen LogP) is 4.62. The minimum Gasteiger partial charge on any atom is -0.478 e. The van der Waals surface area contributed by atoms with E-state index in [2.05, 4.69) is 26.0 Å². The molecule has 0 amide bonds. The third-order valence-electron chi connectivity index (χ3n) is 7.27. The molecule has 0 aromatic heterocycles. The first kappa shape index (κ1) is 22.0. The first-order chi connectivity index (χ1) is 16.0. The van der Waals surface area contributed by atoms with Gasteiger partial charge in [-0.3, -0.25) is 0 Å². The molecule has 0 fully saturated rings. The van der Waals surface area contributed by atoms with Crippen LogP contribution >= 0.6 is 0 Å². The molecule has 0 bridgehead atoms. The van der Waals surface area contributed by atoms with Gasteiger partial charge in [-0.1, -0.05) is 38.1 Å². The zero-order chi connectivity index (χ0) is 24.6. The Morgan fingerprint density at radius 2 is 1.32 bits per heavy atom. The van der Waals surface area contributed by atoms with E-state index in [9.17, 15) is 14.7 Å². The Morgan fingerprint density at radius 3 is 1.79 bits per heavy atom. The van der Waals surface area contributed by atoms with Gasteiger partial charge in [-0.05, 0) is 41.5 Å². The maximum atomic E-state index is 13.3. The van der Waals surface area contributed by atoms with Crippen LogP contribution in [0.15, 0.2) is 54.6 Å². The lowest BCUT2D eigenvalue weighted by molar-refractivity contribution is 0.0229. The second kappa shape index (κ2) is 7.10. The molecular weight excluding hydrogens is 428 g/mol. The van der Waals surface area contributed by atoms with E-state index in [1.807, 2.05) is 68.3 Å². The molecule has 174 valence electrons. The fraction of sp³-hybridized carbons (Fsp3) is 0.286. The second-order valence-corrected chi connectivity index (χ2v) is 9.98. The molecule has 1 aliphatic carbocycles. The summed E-state index contributed by atoms with van der Waals surface area (Å²) in [4.78, 5) is 29.4. The van der Waals surface area contributed by atoms with E-state index >= 15 is 0 Å². The van der Waals surface area contributed by atoms with Crippen molar-refractivity contribution in [2.24, 2.45) is 0 Å². The molecule has 34 heavy (non-hydrogen) atoms. The van der Waals surface area contributed by atoms with E-state index in [1.54, 1.807) is 6.07 Å². The maximum Gasteiger partial charge on any atom is 0.341 e. The summed E-state index contributed by atoms with van der Waals surface area (Å²) in [7, 11) is 7.98. The fourth-order valence-corrected chi connectivity index (χ4v) is 5.45. The van der Waals surface area contributed by atoms with Gasteiger partial charge in [0.2, 0.25) is 0 Å². The average molecular weight is 457 g/mol. The number of fused-ring (bicyclic) bond motifs is 6. The molecule has 5 rings (SSSR count). The van der Waals surface area contributed by atoms with Crippen molar-refractivity contribution in [3.8, 4) is 0 Å². The van der Waals surface area contributed by atoms with Crippen molar-refractivity contribution < 1.29 is 19.4 Å². The van der Waals surface area contributed by atoms with Crippen LogP contribution in [0.4, 0.5) is 11.4 Å². The molecular formula is C28H28N2O4. The Bertz CT molecular complexity index is 1310. The monoisotopic (exact) mass is 456 g/mol. The van der Waals surface area contributed by atoms with Crippen molar-refractivity contribution in [1.82, 2.24) is 0 Å². The van der Waals surface area contributed by atoms with Crippen molar-refractivity contribution in [3.63, 3.8) is 0 Å². The van der Waals surface area contributed by atoms with E-state index in [-0.39, 0.29) is 16.5 Å². The largest absolute Gasteiger partial charge is 0.478 e. The highest BCUT2D eigenvalue weighted by molar-refractivity contribution is 6.06. The van der Waals surface area contributed by atoms with E-state index < -0.39 is 17.5 Å². The molecule has 6 heteroatoms. The zero-order valence-electron chi connectivity index (χ0n) is 20.3. The number of carboxylic acids is 1. The lowest BCUT2D eigenvalue weighted by Crippen LogP contribution is -2.41. The van der Waals surface area contributed by atoms with Crippen LogP contribution in [-0.2, 0) is 15.8 Å². The number of hydrogen-bond acceptors (Lipinski definition) is 5. The third-order valence-corrected chi connectivity index (χ3v) is 7.27. The summed E-state index contributed by atoms with van der Waals surface area (Å²) in [6.45, 7) is 4.36. The van der Waals surface area contributed by atoms with Crippen molar-refractivity contribution in [3.05, 3.63) is 93.5 Å². The van der Waals surface area contributed by atoms with Gasteiger partial charge in [0.1, 0.15) is 0 Å². The Morgan fingerprint density at radius 1 is 0.794 bits per heavy atom. The molecule has 1 aliphatic heterocycles. The Kier molecular flexibility index (Phi) is 4.60. The van der Waals surface area contributed by atoms with Crippen LogP contribution in [0, 0.1) is 0 Å². The minimum absolute atomic E-state index is 0.0397. The van der Waals surface area contributed by atoms with Crippen LogP contribution in [0.5, 0.6) is 0 Å². The Hall–Kier alpha value is -3.80. The summed E-state index contributed by atoms with van der Waals surface area (Å²) in [5, 5.41) is 9.80. The summed E-state index contributed by atoms with van der Waals surface area (Å²) in [5.41, 5.74) is 4.96. The Labute approximate surface area is 199 Å². The van der Waals surface area contributed by atoms with E-state index in [1.165, 1.54) is 6.07 Å². The number of nitrogens with zero attached hydrogens (tertiary/aromatic N) is 2. The highest BCUT2D eigenvalue weighted by Gasteiger charge is 2.56.